The number of halogens is 1. The van der Waals surface area contributed by atoms with Crippen LogP contribution in [0, 0.1) is 5.92 Å². The molecule has 0 amide bonds. The lowest BCUT2D eigenvalue weighted by Crippen LogP contribution is -2.13. The molecule has 1 aliphatic rings. The van der Waals surface area contributed by atoms with Gasteiger partial charge >= 0.3 is 0 Å². The highest BCUT2D eigenvalue weighted by atomic mass is 19.1. The summed E-state index contributed by atoms with van der Waals surface area (Å²) < 4.78 is 12.5. The molecule has 1 saturated carbocycles. The van der Waals surface area contributed by atoms with Crippen molar-refractivity contribution >= 4 is 6.29 Å². The predicted octanol–water partition coefficient (Wildman–Crippen LogP) is 2.49. The monoisotopic (exact) mass is 158 g/mol. The third-order valence-corrected chi connectivity index (χ3v) is 2.43. The quantitative estimate of drug-likeness (QED) is 0.577. The molecule has 0 aromatic rings. The second kappa shape index (κ2) is 4.47. The molecule has 1 atom stereocenters. The van der Waals surface area contributed by atoms with Gasteiger partial charge in [0.15, 0.2) is 12.5 Å². The van der Waals surface area contributed by atoms with Crippen LogP contribution in [0.5, 0.6) is 0 Å². The first kappa shape index (κ1) is 8.69. The zero-order chi connectivity index (χ0) is 8.10. The molecule has 0 aliphatic heterocycles. The molecule has 2 heteroatoms. The summed E-state index contributed by atoms with van der Waals surface area (Å²) in [6.07, 6.45) is 5.64. The molecule has 0 N–H and O–H groups in total. The molecule has 1 nitrogen and oxygen atoms in total. The first-order valence-electron chi connectivity index (χ1n) is 4.42. The van der Waals surface area contributed by atoms with Crippen LogP contribution in [0.3, 0.4) is 0 Å². The van der Waals surface area contributed by atoms with Gasteiger partial charge in [-0.25, -0.2) is 4.39 Å². The van der Waals surface area contributed by atoms with Crippen LogP contribution in [0.4, 0.5) is 4.39 Å². The Hall–Kier alpha value is -0.400. The minimum absolute atomic E-state index is 0.425. The zero-order valence-corrected chi connectivity index (χ0v) is 6.76. The lowest BCUT2D eigenvalue weighted by molar-refractivity contribution is -0.112. The summed E-state index contributed by atoms with van der Waals surface area (Å²) >= 11 is 0. The SMILES string of the molecule is O=CC(F)CC1CCCCC1. The molecule has 0 aromatic heterocycles. The second-order valence-corrected chi connectivity index (χ2v) is 3.39. The standard InChI is InChI=1S/C9H15FO/c10-9(7-11)6-8-4-2-1-3-5-8/h7-9H,1-6H2. The van der Waals surface area contributed by atoms with Crippen molar-refractivity contribution < 1.29 is 9.18 Å². The van der Waals surface area contributed by atoms with Gasteiger partial charge in [0.25, 0.3) is 0 Å². The molecule has 1 unspecified atom stereocenters. The van der Waals surface area contributed by atoms with Crippen LogP contribution >= 0.6 is 0 Å². The van der Waals surface area contributed by atoms with Crippen LogP contribution in [-0.2, 0) is 4.79 Å². The third kappa shape index (κ3) is 3.00. The Balaban J connectivity index is 2.18. The Morgan fingerprint density at radius 1 is 1.36 bits per heavy atom. The van der Waals surface area contributed by atoms with E-state index in [4.69, 9.17) is 0 Å². The van der Waals surface area contributed by atoms with Gasteiger partial charge in [0.2, 0.25) is 0 Å². The summed E-state index contributed by atoms with van der Waals surface area (Å²) in [6.45, 7) is 0. The largest absolute Gasteiger partial charge is 0.300 e. The Morgan fingerprint density at radius 2 is 2.00 bits per heavy atom. The molecule has 0 spiro atoms. The molecule has 0 radical (unpaired) electrons. The topological polar surface area (TPSA) is 17.1 Å². The lowest BCUT2D eigenvalue weighted by Gasteiger charge is -2.21. The van der Waals surface area contributed by atoms with Crippen LogP contribution in [0.2, 0.25) is 0 Å². The Kier molecular flexibility index (Phi) is 3.53. The number of alkyl halides is 1. The minimum Gasteiger partial charge on any atom is -0.300 e. The number of carbonyl (C=O) groups excluding carboxylic acids is 1. The highest BCUT2D eigenvalue weighted by molar-refractivity contribution is 5.55. The van der Waals surface area contributed by atoms with Gasteiger partial charge < -0.3 is 4.79 Å². The maximum atomic E-state index is 12.5. The molecule has 0 aromatic carbocycles. The van der Waals surface area contributed by atoms with Crippen LogP contribution < -0.4 is 0 Å². The fraction of sp³-hybridized carbons (Fsp3) is 0.889. The third-order valence-electron chi connectivity index (χ3n) is 2.43. The van der Waals surface area contributed by atoms with Gasteiger partial charge in [-0.05, 0) is 12.3 Å². The normalized spacial score (nSPS) is 23.0. The summed E-state index contributed by atoms with van der Waals surface area (Å²) in [7, 11) is 0. The van der Waals surface area contributed by atoms with Crippen molar-refractivity contribution in [2.24, 2.45) is 5.92 Å². The molecule has 1 rings (SSSR count). The molecular formula is C9H15FO. The number of hydrogen-bond donors (Lipinski definition) is 0. The van der Waals surface area contributed by atoms with E-state index in [1.807, 2.05) is 0 Å². The van der Waals surface area contributed by atoms with Gasteiger partial charge in [-0.1, -0.05) is 32.1 Å². The number of rotatable bonds is 3. The Morgan fingerprint density at radius 3 is 2.55 bits per heavy atom. The van der Waals surface area contributed by atoms with E-state index in [0.717, 1.165) is 12.8 Å². The average Bonchev–Trinajstić information content (AvgIpc) is 2.06. The van der Waals surface area contributed by atoms with Gasteiger partial charge in [-0.2, -0.15) is 0 Å². The van der Waals surface area contributed by atoms with Crippen molar-refractivity contribution in [3.63, 3.8) is 0 Å². The van der Waals surface area contributed by atoms with Crippen LogP contribution in [0.15, 0.2) is 0 Å². The second-order valence-electron chi connectivity index (χ2n) is 3.39. The summed E-state index contributed by atoms with van der Waals surface area (Å²) in [6, 6.07) is 0. The van der Waals surface area contributed by atoms with E-state index < -0.39 is 6.17 Å². The Labute approximate surface area is 67.0 Å². The van der Waals surface area contributed by atoms with Crippen molar-refractivity contribution in [3.05, 3.63) is 0 Å². The molecule has 64 valence electrons. The summed E-state index contributed by atoms with van der Waals surface area (Å²) in [5, 5.41) is 0. The first-order chi connectivity index (χ1) is 5.33. The van der Waals surface area contributed by atoms with Gasteiger partial charge in [-0.3, -0.25) is 0 Å². The van der Waals surface area contributed by atoms with E-state index in [9.17, 15) is 9.18 Å². The van der Waals surface area contributed by atoms with Gasteiger partial charge in [0, 0.05) is 0 Å². The lowest BCUT2D eigenvalue weighted by atomic mass is 9.86. The van der Waals surface area contributed by atoms with Crippen molar-refractivity contribution in [1.29, 1.82) is 0 Å². The van der Waals surface area contributed by atoms with Crippen LogP contribution in [0.25, 0.3) is 0 Å². The van der Waals surface area contributed by atoms with E-state index >= 15 is 0 Å². The summed E-state index contributed by atoms with van der Waals surface area (Å²) in [5.74, 6) is 0.476. The van der Waals surface area contributed by atoms with Crippen molar-refractivity contribution in [1.82, 2.24) is 0 Å². The smallest absolute Gasteiger partial charge is 0.155 e. The van der Waals surface area contributed by atoms with E-state index in [2.05, 4.69) is 0 Å². The summed E-state index contributed by atoms with van der Waals surface area (Å²) in [5.41, 5.74) is 0. The first-order valence-corrected chi connectivity index (χ1v) is 4.42. The van der Waals surface area contributed by atoms with E-state index in [1.54, 1.807) is 0 Å². The molecule has 0 heterocycles. The van der Waals surface area contributed by atoms with E-state index in [1.165, 1.54) is 19.3 Å². The van der Waals surface area contributed by atoms with Gasteiger partial charge in [-0.15, -0.1) is 0 Å². The molecule has 1 fully saturated rings. The fourth-order valence-corrected chi connectivity index (χ4v) is 1.80. The Bertz CT molecular complexity index is 119. The zero-order valence-electron chi connectivity index (χ0n) is 6.76. The van der Waals surface area contributed by atoms with E-state index in [0.29, 0.717) is 18.6 Å². The minimum atomic E-state index is -1.21. The van der Waals surface area contributed by atoms with Crippen LogP contribution in [-0.4, -0.2) is 12.5 Å². The van der Waals surface area contributed by atoms with Crippen molar-refractivity contribution in [2.75, 3.05) is 0 Å². The maximum absolute atomic E-state index is 12.5. The highest BCUT2D eigenvalue weighted by Gasteiger charge is 2.17. The molecule has 11 heavy (non-hydrogen) atoms. The predicted molar refractivity (Wildman–Crippen MR) is 42.2 cm³/mol. The van der Waals surface area contributed by atoms with E-state index in [-0.39, 0.29) is 0 Å². The molecule has 0 saturated heterocycles. The van der Waals surface area contributed by atoms with Gasteiger partial charge in [0.05, 0.1) is 0 Å². The van der Waals surface area contributed by atoms with Crippen LogP contribution in [0.1, 0.15) is 38.5 Å². The highest BCUT2D eigenvalue weighted by Crippen LogP contribution is 2.27. The number of aldehydes is 1. The number of hydrogen-bond acceptors (Lipinski definition) is 1. The van der Waals surface area contributed by atoms with Crippen molar-refractivity contribution in [3.8, 4) is 0 Å². The maximum Gasteiger partial charge on any atom is 0.155 e. The molecule has 0 bridgehead atoms. The van der Waals surface area contributed by atoms with Gasteiger partial charge in [0.1, 0.15) is 0 Å². The average molecular weight is 158 g/mol. The summed E-state index contributed by atoms with van der Waals surface area (Å²) in [4.78, 5) is 10.0. The molecule has 1 aliphatic carbocycles. The van der Waals surface area contributed by atoms with Crippen molar-refractivity contribution in [2.45, 2.75) is 44.7 Å². The number of carbonyl (C=O) groups is 1. The fourth-order valence-electron chi connectivity index (χ4n) is 1.80. The molecular weight excluding hydrogens is 143 g/mol.